The molecule has 0 unspecified atom stereocenters. The average molecular weight is 409 g/mol. The molecule has 0 atom stereocenters. The SMILES string of the molecule is Cc1nc(SCCC(=O)Nc2ccc(N3CCCC3=O)cc2)c(C#N)c(C)c1C. The van der Waals surface area contributed by atoms with Crippen LogP contribution in [0.3, 0.4) is 0 Å². The summed E-state index contributed by atoms with van der Waals surface area (Å²) in [5.41, 5.74) is 5.04. The number of thioether (sulfide) groups is 1. The molecule has 29 heavy (non-hydrogen) atoms. The van der Waals surface area contributed by atoms with Gasteiger partial charge >= 0.3 is 0 Å². The summed E-state index contributed by atoms with van der Waals surface area (Å²) in [5, 5.41) is 13.0. The molecule has 1 aliphatic rings. The molecule has 0 spiro atoms. The van der Waals surface area contributed by atoms with E-state index in [4.69, 9.17) is 0 Å². The van der Waals surface area contributed by atoms with Crippen LogP contribution in [0.2, 0.25) is 0 Å². The molecular formula is C22H24N4O2S. The van der Waals surface area contributed by atoms with Crippen LogP contribution in [-0.4, -0.2) is 29.1 Å². The molecule has 1 aromatic heterocycles. The lowest BCUT2D eigenvalue weighted by molar-refractivity contribution is -0.117. The second-order valence-electron chi connectivity index (χ2n) is 7.08. The Balaban J connectivity index is 1.54. The first-order valence-electron chi connectivity index (χ1n) is 9.61. The molecule has 3 rings (SSSR count). The number of aromatic nitrogens is 1. The summed E-state index contributed by atoms with van der Waals surface area (Å²) in [7, 11) is 0. The number of carbonyl (C=O) groups excluding carboxylic acids is 2. The molecule has 6 nitrogen and oxygen atoms in total. The molecule has 1 aliphatic heterocycles. The predicted octanol–water partition coefficient (Wildman–Crippen LogP) is 4.13. The Morgan fingerprint density at radius 3 is 2.59 bits per heavy atom. The fraction of sp³-hybridized carbons (Fsp3) is 0.364. The molecule has 2 aromatic rings. The number of carbonyl (C=O) groups is 2. The number of rotatable bonds is 6. The van der Waals surface area contributed by atoms with Gasteiger partial charge in [0, 0.05) is 42.2 Å². The molecular weight excluding hydrogens is 384 g/mol. The molecule has 1 aromatic carbocycles. The smallest absolute Gasteiger partial charge is 0.227 e. The Morgan fingerprint density at radius 1 is 1.24 bits per heavy atom. The van der Waals surface area contributed by atoms with E-state index in [1.165, 1.54) is 11.8 Å². The van der Waals surface area contributed by atoms with E-state index in [-0.39, 0.29) is 11.8 Å². The molecule has 2 amide bonds. The summed E-state index contributed by atoms with van der Waals surface area (Å²) in [4.78, 5) is 30.4. The van der Waals surface area contributed by atoms with Gasteiger partial charge in [-0.15, -0.1) is 11.8 Å². The molecule has 2 heterocycles. The minimum absolute atomic E-state index is 0.0958. The van der Waals surface area contributed by atoms with Gasteiger partial charge in [0.25, 0.3) is 0 Å². The molecule has 0 radical (unpaired) electrons. The number of pyridine rings is 1. The van der Waals surface area contributed by atoms with E-state index in [2.05, 4.69) is 16.4 Å². The van der Waals surface area contributed by atoms with E-state index in [9.17, 15) is 14.9 Å². The highest BCUT2D eigenvalue weighted by Gasteiger charge is 2.21. The molecule has 0 aliphatic carbocycles. The number of amides is 2. The van der Waals surface area contributed by atoms with Gasteiger partial charge in [0.05, 0.1) is 5.56 Å². The first-order valence-corrected chi connectivity index (χ1v) is 10.6. The number of nitrogens with zero attached hydrogens (tertiary/aromatic N) is 3. The first kappa shape index (κ1) is 20.9. The number of benzene rings is 1. The zero-order chi connectivity index (χ0) is 21.0. The van der Waals surface area contributed by atoms with Crippen molar-refractivity contribution >= 4 is 35.0 Å². The minimum atomic E-state index is -0.0958. The quantitative estimate of drug-likeness (QED) is 0.727. The fourth-order valence-electron chi connectivity index (χ4n) is 3.26. The summed E-state index contributed by atoms with van der Waals surface area (Å²) in [5.74, 6) is 0.586. The van der Waals surface area contributed by atoms with E-state index in [1.807, 2.05) is 45.0 Å². The molecule has 1 fully saturated rings. The molecule has 0 saturated carbocycles. The van der Waals surface area contributed by atoms with Crippen LogP contribution < -0.4 is 10.2 Å². The van der Waals surface area contributed by atoms with Crippen LogP contribution in [0.1, 0.15) is 41.6 Å². The molecule has 1 saturated heterocycles. The Hall–Kier alpha value is -2.85. The maximum absolute atomic E-state index is 12.3. The maximum atomic E-state index is 12.3. The lowest BCUT2D eigenvalue weighted by Gasteiger charge is -2.16. The number of hydrogen-bond acceptors (Lipinski definition) is 5. The lowest BCUT2D eigenvalue weighted by Crippen LogP contribution is -2.23. The topological polar surface area (TPSA) is 86.1 Å². The third kappa shape index (κ3) is 4.77. The van der Waals surface area contributed by atoms with E-state index in [0.29, 0.717) is 34.9 Å². The lowest BCUT2D eigenvalue weighted by atomic mass is 10.1. The highest BCUT2D eigenvalue weighted by atomic mass is 32.2. The Labute approximate surface area is 175 Å². The van der Waals surface area contributed by atoms with Crippen LogP contribution in [0.15, 0.2) is 29.3 Å². The van der Waals surface area contributed by atoms with Gasteiger partial charge < -0.3 is 10.2 Å². The molecule has 1 N–H and O–H groups in total. The van der Waals surface area contributed by atoms with Crippen molar-refractivity contribution in [2.24, 2.45) is 0 Å². The van der Waals surface area contributed by atoms with Crippen molar-refractivity contribution in [1.82, 2.24) is 4.98 Å². The predicted molar refractivity (Wildman–Crippen MR) is 115 cm³/mol. The fourth-order valence-corrected chi connectivity index (χ4v) is 4.28. The monoisotopic (exact) mass is 408 g/mol. The van der Waals surface area contributed by atoms with Gasteiger partial charge in [-0.1, -0.05) is 0 Å². The van der Waals surface area contributed by atoms with Crippen LogP contribution in [-0.2, 0) is 9.59 Å². The van der Waals surface area contributed by atoms with Crippen molar-refractivity contribution in [2.45, 2.75) is 45.1 Å². The van der Waals surface area contributed by atoms with Crippen LogP contribution in [0.5, 0.6) is 0 Å². The largest absolute Gasteiger partial charge is 0.326 e. The summed E-state index contributed by atoms with van der Waals surface area (Å²) in [6.45, 7) is 6.57. The highest BCUT2D eigenvalue weighted by molar-refractivity contribution is 7.99. The van der Waals surface area contributed by atoms with Gasteiger partial charge in [0.15, 0.2) is 0 Å². The van der Waals surface area contributed by atoms with E-state index in [1.54, 1.807) is 4.90 Å². The summed E-state index contributed by atoms with van der Waals surface area (Å²) in [6, 6.07) is 9.57. The summed E-state index contributed by atoms with van der Waals surface area (Å²) >= 11 is 1.43. The number of aryl methyl sites for hydroxylation is 1. The second kappa shape index (κ2) is 9.10. The first-order chi connectivity index (χ1) is 13.9. The van der Waals surface area contributed by atoms with Crippen molar-refractivity contribution in [2.75, 3.05) is 22.5 Å². The van der Waals surface area contributed by atoms with E-state index >= 15 is 0 Å². The van der Waals surface area contributed by atoms with E-state index in [0.717, 1.165) is 35.5 Å². The van der Waals surface area contributed by atoms with Crippen molar-refractivity contribution in [3.63, 3.8) is 0 Å². The van der Waals surface area contributed by atoms with Gasteiger partial charge in [-0.2, -0.15) is 5.26 Å². The summed E-state index contributed by atoms with van der Waals surface area (Å²) in [6.07, 6.45) is 1.80. The standard InChI is InChI=1S/C22H24N4O2S/c1-14-15(2)19(13-23)22(24-16(14)3)29-12-10-20(27)25-17-6-8-18(9-7-17)26-11-4-5-21(26)28/h6-9H,4-5,10-12H2,1-3H3,(H,25,27). The van der Waals surface area contributed by atoms with Crippen molar-refractivity contribution in [1.29, 1.82) is 5.26 Å². The zero-order valence-electron chi connectivity index (χ0n) is 16.9. The van der Waals surface area contributed by atoms with Crippen molar-refractivity contribution < 1.29 is 9.59 Å². The molecule has 0 bridgehead atoms. The minimum Gasteiger partial charge on any atom is -0.326 e. The van der Waals surface area contributed by atoms with Gasteiger partial charge in [-0.05, 0) is 62.6 Å². The van der Waals surface area contributed by atoms with Gasteiger partial charge in [0.2, 0.25) is 11.8 Å². The maximum Gasteiger partial charge on any atom is 0.227 e. The van der Waals surface area contributed by atoms with Gasteiger partial charge in [-0.3, -0.25) is 9.59 Å². The zero-order valence-corrected chi connectivity index (χ0v) is 17.7. The Bertz CT molecular complexity index is 980. The summed E-state index contributed by atoms with van der Waals surface area (Å²) < 4.78 is 0. The average Bonchev–Trinajstić information content (AvgIpc) is 3.13. The van der Waals surface area contributed by atoms with Crippen molar-refractivity contribution in [3.8, 4) is 6.07 Å². The van der Waals surface area contributed by atoms with Crippen LogP contribution in [0.25, 0.3) is 0 Å². The van der Waals surface area contributed by atoms with Crippen molar-refractivity contribution in [3.05, 3.63) is 46.6 Å². The molecule has 150 valence electrons. The Kier molecular flexibility index (Phi) is 6.55. The van der Waals surface area contributed by atoms with Crippen LogP contribution in [0.4, 0.5) is 11.4 Å². The number of nitriles is 1. The Morgan fingerprint density at radius 2 is 1.97 bits per heavy atom. The third-order valence-electron chi connectivity index (χ3n) is 5.18. The number of nitrogens with one attached hydrogen (secondary N) is 1. The number of hydrogen-bond donors (Lipinski definition) is 1. The van der Waals surface area contributed by atoms with Gasteiger partial charge in [0.1, 0.15) is 11.1 Å². The molecule has 7 heteroatoms. The van der Waals surface area contributed by atoms with Crippen LogP contribution >= 0.6 is 11.8 Å². The van der Waals surface area contributed by atoms with Gasteiger partial charge in [-0.25, -0.2) is 4.98 Å². The van der Waals surface area contributed by atoms with E-state index < -0.39 is 0 Å². The normalized spacial score (nSPS) is 13.4. The number of anilines is 2. The highest BCUT2D eigenvalue weighted by Crippen LogP contribution is 2.27. The van der Waals surface area contributed by atoms with Crippen LogP contribution in [0, 0.1) is 32.1 Å². The second-order valence-corrected chi connectivity index (χ2v) is 8.17. The third-order valence-corrected chi connectivity index (χ3v) is 6.16.